The summed E-state index contributed by atoms with van der Waals surface area (Å²) in [5.41, 5.74) is 5.05. The van der Waals surface area contributed by atoms with E-state index in [4.69, 9.17) is 9.72 Å². The minimum Gasteiger partial charge on any atom is -0.478 e. The van der Waals surface area contributed by atoms with Crippen LogP contribution in [0.2, 0.25) is 0 Å². The molecule has 1 aliphatic carbocycles. The van der Waals surface area contributed by atoms with Gasteiger partial charge in [0.05, 0.1) is 25.0 Å². The van der Waals surface area contributed by atoms with Crippen LogP contribution in [0.4, 0.5) is 26.2 Å². The second-order valence-electron chi connectivity index (χ2n) is 9.89. The average molecular weight is 539 g/mol. The molecule has 1 amide bonds. The highest BCUT2D eigenvalue weighted by molar-refractivity contribution is 5.96. The number of carbonyl (C=O) groups excluding carboxylic acids is 1. The smallest absolute Gasteiger partial charge is 0.256 e. The lowest BCUT2D eigenvalue weighted by Crippen LogP contribution is -2.49. The van der Waals surface area contributed by atoms with Gasteiger partial charge in [-0.1, -0.05) is 13.0 Å². The van der Waals surface area contributed by atoms with Gasteiger partial charge in [0.25, 0.3) is 11.8 Å². The zero-order valence-electron chi connectivity index (χ0n) is 22.5. The third kappa shape index (κ3) is 5.47. The van der Waals surface area contributed by atoms with Crippen LogP contribution in [0.15, 0.2) is 30.7 Å². The summed E-state index contributed by atoms with van der Waals surface area (Å²) in [6.45, 7) is 4.23. The highest BCUT2D eigenvalue weighted by Crippen LogP contribution is 2.37. The number of anilines is 3. The van der Waals surface area contributed by atoms with E-state index in [9.17, 15) is 13.6 Å². The quantitative estimate of drug-likeness (QED) is 0.441. The molecule has 0 spiro atoms. The van der Waals surface area contributed by atoms with Crippen LogP contribution in [0, 0.1) is 6.92 Å². The number of likely N-dealkylation sites (tertiary alicyclic amines) is 1. The molecular formula is C27H32F2N8O2. The molecule has 1 aliphatic heterocycles. The zero-order valence-corrected chi connectivity index (χ0v) is 22.5. The maximum absolute atomic E-state index is 13.7. The summed E-state index contributed by atoms with van der Waals surface area (Å²) in [7, 11) is 3.35. The Morgan fingerprint density at radius 2 is 2.03 bits per heavy atom. The second kappa shape index (κ2) is 10.7. The number of hydrogen-bond acceptors (Lipinski definition) is 8. The van der Waals surface area contributed by atoms with Gasteiger partial charge in [0, 0.05) is 56.5 Å². The van der Waals surface area contributed by atoms with Crippen molar-refractivity contribution in [2.45, 2.75) is 51.5 Å². The van der Waals surface area contributed by atoms with E-state index in [0.717, 1.165) is 28.0 Å². The number of aromatic nitrogens is 5. The van der Waals surface area contributed by atoms with E-state index in [2.05, 4.69) is 31.8 Å². The summed E-state index contributed by atoms with van der Waals surface area (Å²) in [4.78, 5) is 28.7. The van der Waals surface area contributed by atoms with Crippen molar-refractivity contribution < 1.29 is 18.3 Å². The summed E-state index contributed by atoms with van der Waals surface area (Å²) in [6, 6.07) is 1.42. The van der Waals surface area contributed by atoms with E-state index >= 15 is 0 Å². The zero-order chi connectivity index (χ0) is 27.7. The fraction of sp³-hybridized carbons (Fsp3) is 0.444. The number of halogens is 2. The molecule has 2 N–H and O–H groups in total. The predicted octanol–water partition coefficient (Wildman–Crippen LogP) is 4.10. The van der Waals surface area contributed by atoms with Gasteiger partial charge in [0.15, 0.2) is 0 Å². The lowest BCUT2D eigenvalue weighted by Gasteiger charge is -2.36. The number of carbonyl (C=O) groups is 1. The van der Waals surface area contributed by atoms with Crippen molar-refractivity contribution in [3.8, 4) is 5.88 Å². The van der Waals surface area contributed by atoms with Crippen molar-refractivity contribution in [1.82, 2.24) is 29.6 Å². The maximum Gasteiger partial charge on any atom is 0.256 e. The molecule has 1 saturated heterocycles. The first-order chi connectivity index (χ1) is 18.7. The molecule has 0 saturated carbocycles. The van der Waals surface area contributed by atoms with Crippen LogP contribution in [-0.4, -0.2) is 67.7 Å². The Morgan fingerprint density at radius 3 is 2.74 bits per heavy atom. The van der Waals surface area contributed by atoms with Gasteiger partial charge in [-0.25, -0.2) is 23.7 Å². The van der Waals surface area contributed by atoms with Crippen molar-refractivity contribution in [2.75, 3.05) is 30.8 Å². The largest absolute Gasteiger partial charge is 0.478 e. The molecule has 4 heterocycles. The molecule has 206 valence electrons. The molecule has 0 aromatic carbocycles. The number of pyridine rings is 1. The summed E-state index contributed by atoms with van der Waals surface area (Å²) < 4.78 is 34.3. The third-order valence-electron chi connectivity index (χ3n) is 7.22. The van der Waals surface area contributed by atoms with Gasteiger partial charge >= 0.3 is 0 Å². The highest BCUT2D eigenvalue weighted by Gasteiger charge is 2.38. The van der Waals surface area contributed by atoms with E-state index in [1.54, 1.807) is 37.4 Å². The van der Waals surface area contributed by atoms with Gasteiger partial charge in [0.1, 0.15) is 11.5 Å². The number of nitrogens with one attached hydrogen (secondary N) is 2. The number of amides is 1. The Bertz CT molecular complexity index is 1410. The lowest BCUT2D eigenvalue weighted by molar-refractivity contribution is -0.125. The van der Waals surface area contributed by atoms with Crippen molar-refractivity contribution in [3.63, 3.8) is 0 Å². The molecule has 0 radical (unpaired) electrons. The number of fused-ring (bicyclic) bond motifs is 1. The van der Waals surface area contributed by atoms with E-state index in [1.807, 2.05) is 24.8 Å². The average Bonchev–Trinajstić information content (AvgIpc) is 3.50. The molecule has 0 bridgehead atoms. The predicted molar refractivity (Wildman–Crippen MR) is 143 cm³/mol. The number of alkyl halides is 2. The number of piperidine rings is 1. The SMILES string of the molecule is CCC(C(=O)Nc1nccc2c1CC=C2c1nc(Nc2cn(C)nc2OC)ncc1C)N1CCC(F)(F)CC1. The molecule has 12 heteroatoms. The molecule has 3 aromatic heterocycles. The molecular weight excluding hydrogens is 506 g/mol. The Kier molecular flexibility index (Phi) is 7.30. The van der Waals surface area contributed by atoms with Crippen molar-refractivity contribution in [1.29, 1.82) is 0 Å². The lowest BCUT2D eigenvalue weighted by atomic mass is 10.0. The van der Waals surface area contributed by atoms with E-state index < -0.39 is 12.0 Å². The van der Waals surface area contributed by atoms with Crippen LogP contribution >= 0.6 is 0 Å². The first-order valence-electron chi connectivity index (χ1n) is 13.0. The number of ether oxygens (including phenoxy) is 1. The Balaban J connectivity index is 1.36. The fourth-order valence-electron chi connectivity index (χ4n) is 5.17. The summed E-state index contributed by atoms with van der Waals surface area (Å²) in [5.74, 6) is -1.57. The monoisotopic (exact) mass is 538 g/mol. The van der Waals surface area contributed by atoms with Crippen molar-refractivity contribution in [2.24, 2.45) is 7.05 Å². The molecule has 2 aliphatic rings. The number of nitrogens with zero attached hydrogens (tertiary/aromatic N) is 6. The molecule has 10 nitrogen and oxygen atoms in total. The number of hydrogen-bond donors (Lipinski definition) is 2. The molecule has 1 atom stereocenters. The van der Waals surface area contributed by atoms with Gasteiger partial charge in [-0.3, -0.25) is 14.4 Å². The topological polar surface area (TPSA) is 110 Å². The van der Waals surface area contributed by atoms with Gasteiger partial charge in [-0.05, 0) is 37.0 Å². The normalized spacial score (nSPS) is 17.3. The second-order valence-corrected chi connectivity index (χ2v) is 9.89. The molecule has 5 rings (SSSR count). The number of rotatable bonds is 8. The molecule has 1 unspecified atom stereocenters. The molecule has 39 heavy (non-hydrogen) atoms. The fourth-order valence-corrected chi connectivity index (χ4v) is 5.17. The Labute approximate surface area is 225 Å². The maximum atomic E-state index is 13.7. The van der Waals surface area contributed by atoms with Gasteiger partial charge in [0.2, 0.25) is 11.9 Å². The first-order valence-corrected chi connectivity index (χ1v) is 13.0. The van der Waals surface area contributed by atoms with E-state index in [-0.39, 0.29) is 31.8 Å². The van der Waals surface area contributed by atoms with Crippen LogP contribution in [0.25, 0.3) is 5.57 Å². The minimum atomic E-state index is -2.66. The number of methoxy groups -OCH3 is 1. The van der Waals surface area contributed by atoms with Gasteiger partial charge in [-0.15, -0.1) is 5.10 Å². The van der Waals surface area contributed by atoms with Crippen LogP contribution in [0.3, 0.4) is 0 Å². The summed E-state index contributed by atoms with van der Waals surface area (Å²) in [5, 5.41) is 10.4. The minimum absolute atomic E-state index is 0.194. The highest BCUT2D eigenvalue weighted by atomic mass is 19.3. The van der Waals surface area contributed by atoms with Crippen LogP contribution in [0.1, 0.15) is 48.6 Å². The van der Waals surface area contributed by atoms with Gasteiger partial charge in [-0.2, -0.15) is 0 Å². The van der Waals surface area contributed by atoms with Crippen LogP contribution in [-0.2, 0) is 18.3 Å². The molecule has 3 aromatic rings. The number of aryl methyl sites for hydroxylation is 2. The third-order valence-corrected chi connectivity index (χ3v) is 7.22. The van der Waals surface area contributed by atoms with Crippen LogP contribution < -0.4 is 15.4 Å². The van der Waals surface area contributed by atoms with Crippen LogP contribution in [0.5, 0.6) is 5.88 Å². The van der Waals surface area contributed by atoms with E-state index in [1.165, 1.54) is 0 Å². The van der Waals surface area contributed by atoms with Crippen molar-refractivity contribution in [3.05, 3.63) is 53.1 Å². The van der Waals surface area contributed by atoms with E-state index in [0.29, 0.717) is 36.2 Å². The Morgan fingerprint density at radius 1 is 1.26 bits per heavy atom. The standard InChI is InChI=1S/C27H32F2N8O2/c1-5-21(37-12-9-27(28,29)10-13-37)24(38)34-23-19-7-6-18(17(19)8-11-30-23)22-16(2)14-31-26(33-22)32-20-15-36(3)35-25(20)39-4/h6,8,11,14-15,21H,5,7,9-10,12-13H2,1-4H3,(H,30,34,38)(H,31,32,33). The summed E-state index contributed by atoms with van der Waals surface area (Å²) >= 11 is 0. The van der Waals surface area contributed by atoms with Gasteiger partial charge < -0.3 is 15.4 Å². The first kappa shape index (κ1) is 26.7. The summed E-state index contributed by atoms with van der Waals surface area (Å²) in [6.07, 6.45) is 7.90. The number of allylic oxidation sites excluding steroid dienone is 1. The molecule has 1 fully saturated rings. The van der Waals surface area contributed by atoms with Crippen molar-refractivity contribution >= 4 is 28.9 Å². The Hall–Kier alpha value is -3.93.